The topological polar surface area (TPSA) is 114 Å². The van der Waals surface area contributed by atoms with Crippen LogP contribution in [0.3, 0.4) is 0 Å². The van der Waals surface area contributed by atoms with Gasteiger partial charge in [-0.3, -0.25) is 4.79 Å². The van der Waals surface area contributed by atoms with Crippen LogP contribution < -0.4 is 21.9 Å². The molecule has 5 rings (SSSR count). The molecule has 1 saturated carbocycles. The molecule has 1 aromatic carbocycles. The number of anilines is 3. The summed E-state index contributed by atoms with van der Waals surface area (Å²) >= 11 is 0. The molecule has 2 atom stereocenters. The van der Waals surface area contributed by atoms with Crippen LogP contribution in [-0.2, 0) is 7.05 Å². The number of H-pyrrole nitrogens is 1. The first kappa shape index (κ1) is 18.6. The van der Waals surface area contributed by atoms with E-state index in [1.807, 2.05) is 31.4 Å². The maximum atomic E-state index is 12.6. The molecular formula is C22H25N7O. The van der Waals surface area contributed by atoms with Crippen molar-refractivity contribution >= 4 is 39.0 Å². The van der Waals surface area contributed by atoms with Crippen molar-refractivity contribution in [1.82, 2.24) is 19.7 Å². The molecule has 0 radical (unpaired) electrons. The van der Waals surface area contributed by atoms with Crippen LogP contribution in [0.2, 0.25) is 0 Å². The van der Waals surface area contributed by atoms with Gasteiger partial charge in [0, 0.05) is 47.3 Å². The second kappa shape index (κ2) is 7.46. The predicted octanol–water partition coefficient (Wildman–Crippen LogP) is 3.24. The fourth-order valence-corrected chi connectivity index (χ4v) is 4.35. The van der Waals surface area contributed by atoms with Crippen LogP contribution in [0.15, 0.2) is 47.5 Å². The first-order valence-electron chi connectivity index (χ1n) is 10.3. The number of benzene rings is 1. The van der Waals surface area contributed by atoms with Gasteiger partial charge in [0.1, 0.15) is 11.6 Å². The summed E-state index contributed by atoms with van der Waals surface area (Å²) < 4.78 is 2.06. The summed E-state index contributed by atoms with van der Waals surface area (Å²) in [5.41, 5.74) is 8.03. The zero-order valence-corrected chi connectivity index (χ0v) is 16.9. The van der Waals surface area contributed by atoms with Crippen molar-refractivity contribution < 1.29 is 0 Å². The molecule has 0 saturated heterocycles. The Morgan fingerprint density at radius 1 is 1.23 bits per heavy atom. The van der Waals surface area contributed by atoms with E-state index < -0.39 is 0 Å². The Hall–Kier alpha value is -3.39. The Balaban J connectivity index is 1.59. The molecule has 1 fully saturated rings. The molecular weight excluding hydrogens is 378 g/mol. The van der Waals surface area contributed by atoms with Gasteiger partial charge in [-0.1, -0.05) is 18.9 Å². The molecule has 0 bridgehead atoms. The van der Waals surface area contributed by atoms with Crippen molar-refractivity contribution in [3.63, 3.8) is 0 Å². The van der Waals surface area contributed by atoms with Gasteiger partial charge < -0.3 is 20.9 Å². The first-order valence-corrected chi connectivity index (χ1v) is 10.3. The minimum Gasteiger partial charge on any atom is -0.366 e. The molecule has 1 aliphatic rings. The molecule has 3 aromatic heterocycles. The zero-order chi connectivity index (χ0) is 20.7. The number of pyridine rings is 1. The van der Waals surface area contributed by atoms with Gasteiger partial charge in [0.25, 0.3) is 5.56 Å². The number of fused-ring (bicyclic) bond motifs is 2. The lowest BCUT2D eigenvalue weighted by Crippen LogP contribution is -2.42. The number of nitrogens with zero attached hydrogens (tertiary/aromatic N) is 3. The summed E-state index contributed by atoms with van der Waals surface area (Å²) in [5.74, 6) is 1.19. The number of aromatic nitrogens is 4. The quantitative estimate of drug-likeness (QED) is 0.416. The third-order valence-corrected chi connectivity index (χ3v) is 5.98. The monoisotopic (exact) mass is 403 g/mol. The molecule has 3 heterocycles. The fraction of sp³-hybridized carbons (Fsp3) is 0.318. The molecule has 1 aliphatic carbocycles. The summed E-state index contributed by atoms with van der Waals surface area (Å²) in [6.45, 7) is 0. The molecule has 2 unspecified atom stereocenters. The van der Waals surface area contributed by atoms with E-state index in [0.717, 1.165) is 47.7 Å². The number of nitrogens with one attached hydrogen (secondary N) is 3. The molecule has 30 heavy (non-hydrogen) atoms. The van der Waals surface area contributed by atoms with Crippen molar-refractivity contribution in [3.8, 4) is 0 Å². The standard InChI is InChI=1S/C22H25N7O/c1-29-10-9-14-16(7-4-8-18(14)29)26-21-20-13(12-24-28-22(20)30)11-19(27-21)25-17-6-3-2-5-15(17)23/h4,7-12,15,17H,2-3,5-6,23H2,1H3,(H,28,30)(H2,25,26,27). The molecule has 8 nitrogen and oxygen atoms in total. The van der Waals surface area contributed by atoms with Crippen LogP contribution in [-0.4, -0.2) is 31.8 Å². The van der Waals surface area contributed by atoms with E-state index in [2.05, 4.69) is 37.5 Å². The van der Waals surface area contributed by atoms with Gasteiger partial charge in [-0.15, -0.1) is 0 Å². The molecule has 154 valence electrons. The van der Waals surface area contributed by atoms with E-state index in [-0.39, 0.29) is 17.6 Å². The van der Waals surface area contributed by atoms with Crippen LogP contribution in [0, 0.1) is 0 Å². The van der Waals surface area contributed by atoms with Gasteiger partial charge >= 0.3 is 0 Å². The maximum absolute atomic E-state index is 12.6. The lowest BCUT2D eigenvalue weighted by atomic mass is 9.91. The molecule has 4 aromatic rings. The Morgan fingerprint density at radius 3 is 2.97 bits per heavy atom. The summed E-state index contributed by atoms with van der Waals surface area (Å²) in [4.78, 5) is 17.3. The van der Waals surface area contributed by atoms with E-state index >= 15 is 0 Å². The maximum Gasteiger partial charge on any atom is 0.275 e. The predicted molar refractivity (Wildman–Crippen MR) is 120 cm³/mol. The molecule has 0 amide bonds. The number of hydrogen-bond donors (Lipinski definition) is 4. The highest BCUT2D eigenvalue weighted by Crippen LogP contribution is 2.30. The third-order valence-electron chi connectivity index (χ3n) is 5.98. The van der Waals surface area contributed by atoms with Gasteiger partial charge in [-0.25, -0.2) is 10.1 Å². The van der Waals surface area contributed by atoms with Gasteiger partial charge in [0.2, 0.25) is 0 Å². The highest BCUT2D eigenvalue weighted by atomic mass is 16.1. The van der Waals surface area contributed by atoms with Crippen molar-refractivity contribution in [2.24, 2.45) is 12.8 Å². The van der Waals surface area contributed by atoms with E-state index in [4.69, 9.17) is 10.7 Å². The van der Waals surface area contributed by atoms with E-state index in [1.54, 1.807) is 6.20 Å². The van der Waals surface area contributed by atoms with Gasteiger partial charge in [0.15, 0.2) is 0 Å². The van der Waals surface area contributed by atoms with Gasteiger partial charge in [0.05, 0.1) is 11.6 Å². The summed E-state index contributed by atoms with van der Waals surface area (Å²) in [6, 6.07) is 10.2. The molecule has 0 spiro atoms. The van der Waals surface area contributed by atoms with Gasteiger partial charge in [-0.2, -0.15) is 5.10 Å². The average Bonchev–Trinajstić information content (AvgIpc) is 3.12. The fourth-order valence-electron chi connectivity index (χ4n) is 4.35. The van der Waals surface area contributed by atoms with E-state index in [1.165, 1.54) is 0 Å². The zero-order valence-electron chi connectivity index (χ0n) is 16.9. The van der Waals surface area contributed by atoms with Crippen molar-refractivity contribution in [2.45, 2.75) is 37.8 Å². The van der Waals surface area contributed by atoms with E-state index in [9.17, 15) is 4.79 Å². The third kappa shape index (κ3) is 3.29. The van der Waals surface area contributed by atoms with E-state index in [0.29, 0.717) is 17.0 Å². The van der Waals surface area contributed by atoms with Crippen molar-refractivity contribution in [3.05, 3.63) is 53.1 Å². The lowest BCUT2D eigenvalue weighted by Gasteiger charge is -2.30. The molecule has 5 N–H and O–H groups in total. The Kier molecular flexibility index (Phi) is 4.63. The summed E-state index contributed by atoms with van der Waals surface area (Å²) in [6.07, 6.45) is 8.01. The number of aromatic amines is 1. The van der Waals surface area contributed by atoms with Crippen molar-refractivity contribution in [2.75, 3.05) is 10.6 Å². The minimum absolute atomic E-state index is 0.100. The van der Waals surface area contributed by atoms with Crippen LogP contribution in [0.5, 0.6) is 0 Å². The second-order valence-corrected chi connectivity index (χ2v) is 8.01. The van der Waals surface area contributed by atoms with Gasteiger partial charge in [-0.05, 0) is 37.1 Å². The Morgan fingerprint density at radius 2 is 2.10 bits per heavy atom. The van der Waals surface area contributed by atoms with Crippen LogP contribution >= 0.6 is 0 Å². The number of aryl methyl sites for hydroxylation is 1. The average molecular weight is 403 g/mol. The smallest absolute Gasteiger partial charge is 0.275 e. The van der Waals surface area contributed by atoms with Crippen LogP contribution in [0.4, 0.5) is 17.3 Å². The largest absolute Gasteiger partial charge is 0.366 e. The first-order chi connectivity index (χ1) is 14.6. The molecule has 8 heteroatoms. The second-order valence-electron chi connectivity index (χ2n) is 8.01. The van der Waals surface area contributed by atoms with Crippen LogP contribution in [0.1, 0.15) is 25.7 Å². The lowest BCUT2D eigenvalue weighted by molar-refractivity contribution is 0.403. The Labute approximate surface area is 173 Å². The summed E-state index contributed by atoms with van der Waals surface area (Å²) in [5, 5.41) is 15.6. The molecule has 0 aliphatic heterocycles. The highest BCUT2D eigenvalue weighted by molar-refractivity contribution is 5.99. The number of hydrogen-bond acceptors (Lipinski definition) is 6. The van der Waals surface area contributed by atoms with Crippen LogP contribution in [0.25, 0.3) is 21.7 Å². The summed E-state index contributed by atoms with van der Waals surface area (Å²) in [7, 11) is 2.01. The number of rotatable bonds is 4. The number of nitrogens with two attached hydrogens (primary N) is 1. The highest BCUT2D eigenvalue weighted by Gasteiger charge is 2.22. The van der Waals surface area contributed by atoms with Crippen molar-refractivity contribution in [1.29, 1.82) is 0 Å². The normalized spacial score (nSPS) is 19.3. The SMILES string of the molecule is Cn1ccc2c(Nc3nc(NC4CCCCC4N)cc4cn[nH]c(=O)c34)cccc21. The Bertz CT molecular complexity index is 1280. The minimum atomic E-state index is -0.274.